The topological polar surface area (TPSA) is 97.2 Å². The summed E-state index contributed by atoms with van der Waals surface area (Å²) in [7, 11) is -3.51. The minimum absolute atomic E-state index is 0.0517. The van der Waals surface area contributed by atoms with Gasteiger partial charge in [-0.1, -0.05) is 18.2 Å². The Labute approximate surface area is 175 Å². The van der Waals surface area contributed by atoms with Gasteiger partial charge in [0, 0.05) is 44.1 Å². The Hall–Kier alpha value is -3.04. The molecule has 30 heavy (non-hydrogen) atoms. The highest BCUT2D eigenvalue weighted by molar-refractivity contribution is 7.89. The van der Waals surface area contributed by atoms with Crippen LogP contribution in [0.3, 0.4) is 0 Å². The molecule has 1 aromatic carbocycles. The molecular formula is C21H23N5O3S. The molecule has 1 N–H and O–H groups in total. The highest BCUT2D eigenvalue weighted by Crippen LogP contribution is 2.24. The molecule has 0 aliphatic carbocycles. The van der Waals surface area contributed by atoms with Crippen LogP contribution in [-0.2, 0) is 21.4 Å². The third-order valence-electron chi connectivity index (χ3n) is 5.22. The first-order chi connectivity index (χ1) is 14.5. The molecule has 3 aromatic rings. The molecule has 0 unspecified atom stereocenters. The van der Waals surface area contributed by atoms with E-state index >= 15 is 0 Å². The van der Waals surface area contributed by atoms with E-state index in [1.54, 1.807) is 47.4 Å². The summed E-state index contributed by atoms with van der Waals surface area (Å²) in [6.07, 6.45) is 6.19. The predicted octanol–water partition coefficient (Wildman–Crippen LogP) is 1.98. The van der Waals surface area contributed by atoms with Crippen molar-refractivity contribution in [1.29, 1.82) is 0 Å². The molecule has 2 aromatic heterocycles. The van der Waals surface area contributed by atoms with E-state index in [2.05, 4.69) is 15.4 Å². The number of benzene rings is 1. The molecule has 1 amide bonds. The lowest BCUT2D eigenvalue weighted by molar-refractivity contribution is -0.126. The van der Waals surface area contributed by atoms with Crippen molar-refractivity contribution in [2.45, 2.75) is 24.3 Å². The van der Waals surface area contributed by atoms with E-state index in [0.717, 1.165) is 5.56 Å². The van der Waals surface area contributed by atoms with Gasteiger partial charge in [0.05, 0.1) is 4.90 Å². The van der Waals surface area contributed by atoms with Gasteiger partial charge in [-0.25, -0.2) is 18.1 Å². The Kier molecular flexibility index (Phi) is 5.91. The number of rotatable bonds is 6. The summed E-state index contributed by atoms with van der Waals surface area (Å²) in [5.74, 6) is 0.440. The second kappa shape index (κ2) is 8.76. The summed E-state index contributed by atoms with van der Waals surface area (Å²) in [4.78, 5) is 17.2. The second-order valence-electron chi connectivity index (χ2n) is 7.18. The molecule has 0 atom stereocenters. The van der Waals surface area contributed by atoms with E-state index in [9.17, 15) is 13.2 Å². The van der Waals surface area contributed by atoms with Crippen LogP contribution in [-0.4, -0.2) is 46.5 Å². The third kappa shape index (κ3) is 4.42. The third-order valence-corrected chi connectivity index (χ3v) is 7.13. The SMILES string of the molecule is O=C(NCc1ccnc(-n2cccn2)c1)C1CCN(S(=O)(=O)c2ccccc2)CC1. The number of piperidine rings is 1. The number of carbonyl (C=O) groups excluding carboxylic acids is 1. The minimum atomic E-state index is -3.51. The van der Waals surface area contributed by atoms with E-state index in [-0.39, 0.29) is 11.8 Å². The molecular weight excluding hydrogens is 402 g/mol. The summed E-state index contributed by atoms with van der Waals surface area (Å²) >= 11 is 0. The maximum absolute atomic E-state index is 12.7. The molecule has 1 saturated heterocycles. The normalized spacial score (nSPS) is 15.7. The Morgan fingerprint density at radius 1 is 1.07 bits per heavy atom. The van der Waals surface area contributed by atoms with E-state index in [1.165, 1.54) is 4.31 Å². The molecule has 0 saturated carbocycles. The highest BCUT2D eigenvalue weighted by Gasteiger charge is 2.31. The molecule has 9 heteroatoms. The van der Waals surface area contributed by atoms with Gasteiger partial charge >= 0.3 is 0 Å². The van der Waals surface area contributed by atoms with Gasteiger partial charge in [-0.3, -0.25) is 4.79 Å². The van der Waals surface area contributed by atoms with Gasteiger partial charge in [-0.05, 0) is 48.7 Å². The number of amides is 1. The van der Waals surface area contributed by atoms with Crippen molar-refractivity contribution in [2.24, 2.45) is 5.92 Å². The molecule has 1 aliphatic rings. The van der Waals surface area contributed by atoms with Gasteiger partial charge in [0.2, 0.25) is 15.9 Å². The van der Waals surface area contributed by atoms with Crippen LogP contribution in [0.5, 0.6) is 0 Å². The van der Waals surface area contributed by atoms with E-state index in [1.807, 2.05) is 24.4 Å². The van der Waals surface area contributed by atoms with Crippen molar-refractivity contribution in [3.63, 3.8) is 0 Å². The first kappa shape index (κ1) is 20.2. The maximum atomic E-state index is 12.7. The standard InChI is InChI=1S/C21H23N5O3S/c27-21(23-16-17-7-11-22-20(15-17)26-12-4-10-24-26)18-8-13-25(14-9-18)30(28,29)19-5-2-1-3-6-19/h1-7,10-12,15,18H,8-9,13-14,16H2,(H,23,27). The summed E-state index contributed by atoms with van der Waals surface area (Å²) in [6, 6.07) is 14.0. The van der Waals surface area contributed by atoms with Crippen molar-refractivity contribution in [3.8, 4) is 5.82 Å². The number of sulfonamides is 1. The van der Waals surface area contributed by atoms with Gasteiger partial charge in [0.1, 0.15) is 0 Å². The van der Waals surface area contributed by atoms with Crippen LogP contribution in [0.15, 0.2) is 72.0 Å². The van der Waals surface area contributed by atoms with E-state index in [4.69, 9.17) is 0 Å². The number of carbonyl (C=O) groups is 1. The zero-order chi connectivity index (χ0) is 21.0. The minimum Gasteiger partial charge on any atom is -0.352 e. The fourth-order valence-corrected chi connectivity index (χ4v) is 5.02. The molecule has 3 heterocycles. The van der Waals surface area contributed by atoms with Crippen LogP contribution >= 0.6 is 0 Å². The lowest BCUT2D eigenvalue weighted by atomic mass is 9.97. The number of hydrogen-bond donors (Lipinski definition) is 1. The van der Waals surface area contributed by atoms with Crippen molar-refractivity contribution in [1.82, 2.24) is 24.4 Å². The van der Waals surface area contributed by atoms with Gasteiger partial charge in [0.25, 0.3) is 0 Å². The molecule has 8 nitrogen and oxygen atoms in total. The van der Waals surface area contributed by atoms with Gasteiger partial charge in [0.15, 0.2) is 5.82 Å². The molecule has 1 fully saturated rings. The van der Waals surface area contributed by atoms with Gasteiger partial charge < -0.3 is 5.32 Å². The molecule has 0 radical (unpaired) electrons. The number of hydrogen-bond acceptors (Lipinski definition) is 5. The average Bonchev–Trinajstić information content (AvgIpc) is 3.33. The highest BCUT2D eigenvalue weighted by atomic mass is 32.2. The monoisotopic (exact) mass is 425 g/mol. The predicted molar refractivity (Wildman–Crippen MR) is 111 cm³/mol. The van der Waals surface area contributed by atoms with Crippen LogP contribution in [0, 0.1) is 5.92 Å². The second-order valence-corrected chi connectivity index (χ2v) is 9.12. The Morgan fingerprint density at radius 3 is 2.53 bits per heavy atom. The van der Waals surface area contributed by atoms with Gasteiger partial charge in [-0.15, -0.1) is 0 Å². The lowest BCUT2D eigenvalue weighted by Gasteiger charge is -2.30. The largest absolute Gasteiger partial charge is 0.352 e. The van der Waals surface area contributed by atoms with Crippen molar-refractivity contribution >= 4 is 15.9 Å². The first-order valence-electron chi connectivity index (χ1n) is 9.82. The Morgan fingerprint density at radius 2 is 1.83 bits per heavy atom. The van der Waals surface area contributed by atoms with Crippen LogP contribution in [0.4, 0.5) is 0 Å². The number of pyridine rings is 1. The zero-order valence-corrected chi connectivity index (χ0v) is 17.2. The molecule has 0 spiro atoms. The Bertz CT molecular complexity index is 1090. The van der Waals surface area contributed by atoms with Crippen molar-refractivity contribution in [2.75, 3.05) is 13.1 Å². The van der Waals surface area contributed by atoms with E-state index in [0.29, 0.717) is 43.2 Å². The van der Waals surface area contributed by atoms with Gasteiger partial charge in [-0.2, -0.15) is 9.40 Å². The van der Waals surface area contributed by atoms with E-state index < -0.39 is 10.0 Å². The lowest BCUT2D eigenvalue weighted by Crippen LogP contribution is -2.42. The number of aromatic nitrogens is 3. The van der Waals surface area contributed by atoms with Crippen LogP contribution in [0.2, 0.25) is 0 Å². The number of nitrogens with one attached hydrogen (secondary N) is 1. The Balaban J connectivity index is 1.31. The maximum Gasteiger partial charge on any atom is 0.243 e. The van der Waals surface area contributed by atoms with Crippen LogP contribution in [0.25, 0.3) is 5.82 Å². The van der Waals surface area contributed by atoms with Crippen LogP contribution in [0.1, 0.15) is 18.4 Å². The summed E-state index contributed by atoms with van der Waals surface area (Å²) in [6.45, 7) is 1.07. The quantitative estimate of drug-likeness (QED) is 0.651. The fraction of sp³-hybridized carbons (Fsp3) is 0.286. The number of nitrogens with zero attached hydrogens (tertiary/aromatic N) is 4. The molecule has 1 aliphatic heterocycles. The summed E-state index contributed by atoms with van der Waals surface area (Å²) in [5.41, 5.74) is 0.924. The zero-order valence-electron chi connectivity index (χ0n) is 16.4. The molecule has 4 rings (SSSR count). The van der Waals surface area contributed by atoms with Crippen LogP contribution < -0.4 is 5.32 Å². The molecule has 156 valence electrons. The van der Waals surface area contributed by atoms with Crippen molar-refractivity contribution < 1.29 is 13.2 Å². The first-order valence-corrected chi connectivity index (χ1v) is 11.3. The smallest absolute Gasteiger partial charge is 0.243 e. The summed E-state index contributed by atoms with van der Waals surface area (Å²) < 4.78 is 28.6. The average molecular weight is 426 g/mol. The summed E-state index contributed by atoms with van der Waals surface area (Å²) in [5, 5.41) is 7.12. The fourth-order valence-electron chi connectivity index (χ4n) is 3.53. The molecule has 0 bridgehead atoms. The van der Waals surface area contributed by atoms with Crippen molar-refractivity contribution in [3.05, 3.63) is 72.7 Å².